The summed E-state index contributed by atoms with van der Waals surface area (Å²) in [5.74, 6) is 1.76. The third-order valence-electron chi connectivity index (χ3n) is 5.84. The van der Waals surface area contributed by atoms with Gasteiger partial charge in [0.15, 0.2) is 6.61 Å². The lowest BCUT2D eigenvalue weighted by Gasteiger charge is -2.30. The van der Waals surface area contributed by atoms with E-state index >= 15 is 0 Å². The van der Waals surface area contributed by atoms with Gasteiger partial charge in [-0.05, 0) is 49.1 Å². The van der Waals surface area contributed by atoms with Crippen LogP contribution >= 0.6 is 0 Å². The lowest BCUT2D eigenvalue weighted by Crippen LogP contribution is -2.31. The van der Waals surface area contributed by atoms with Crippen LogP contribution in [0.15, 0.2) is 54.6 Å². The number of amides is 1. The number of hydrogen-bond acceptors (Lipinski definition) is 5. The Morgan fingerprint density at radius 1 is 1.03 bits per heavy atom. The Balaban J connectivity index is 1.44. The second-order valence-electron chi connectivity index (χ2n) is 8.54. The van der Waals surface area contributed by atoms with Gasteiger partial charge in [-0.1, -0.05) is 30.3 Å². The molecule has 0 radical (unpaired) electrons. The molecule has 32 heavy (non-hydrogen) atoms. The zero-order valence-electron chi connectivity index (χ0n) is 19.0. The highest BCUT2D eigenvalue weighted by Crippen LogP contribution is 2.26. The summed E-state index contributed by atoms with van der Waals surface area (Å²) in [5.41, 5.74) is 3.40. The highest BCUT2D eigenvalue weighted by atomic mass is 16.5. The van der Waals surface area contributed by atoms with Crippen molar-refractivity contribution < 1.29 is 9.53 Å². The summed E-state index contributed by atoms with van der Waals surface area (Å²) in [5, 5.41) is 4.75. The molecule has 0 bridgehead atoms. The van der Waals surface area contributed by atoms with Crippen LogP contribution in [0.1, 0.15) is 30.4 Å². The van der Waals surface area contributed by atoms with E-state index in [2.05, 4.69) is 46.6 Å². The molecule has 168 valence electrons. The molecular formula is C26H32N4O2. The molecule has 0 saturated carbocycles. The highest BCUT2D eigenvalue weighted by molar-refractivity contribution is 5.82. The van der Waals surface area contributed by atoms with Crippen LogP contribution in [0.3, 0.4) is 0 Å². The van der Waals surface area contributed by atoms with Crippen LogP contribution in [0.2, 0.25) is 0 Å². The molecule has 2 aromatic carbocycles. The number of fused-ring (bicyclic) bond motifs is 1. The Kier molecular flexibility index (Phi) is 7.22. The predicted octanol–water partition coefficient (Wildman–Crippen LogP) is 3.98. The summed E-state index contributed by atoms with van der Waals surface area (Å²) in [6.07, 6.45) is 3.76. The maximum absolute atomic E-state index is 11.8. The van der Waals surface area contributed by atoms with Crippen molar-refractivity contribution in [2.75, 3.05) is 38.7 Å². The number of benzene rings is 2. The first-order valence-corrected chi connectivity index (χ1v) is 11.4. The van der Waals surface area contributed by atoms with E-state index in [4.69, 9.17) is 9.72 Å². The Morgan fingerprint density at radius 3 is 2.66 bits per heavy atom. The minimum absolute atomic E-state index is 0.0475. The van der Waals surface area contributed by atoms with E-state index in [0.29, 0.717) is 12.3 Å². The molecule has 2 heterocycles. The van der Waals surface area contributed by atoms with Crippen LogP contribution in [-0.2, 0) is 17.9 Å². The fourth-order valence-electron chi connectivity index (χ4n) is 4.02. The molecule has 0 spiro atoms. The summed E-state index contributed by atoms with van der Waals surface area (Å²) in [4.78, 5) is 20.8. The molecule has 1 saturated heterocycles. The van der Waals surface area contributed by atoms with Crippen LogP contribution in [0.5, 0.6) is 5.75 Å². The number of piperidine rings is 1. The normalized spacial score (nSPS) is 13.9. The Morgan fingerprint density at radius 2 is 1.84 bits per heavy atom. The number of carbonyl (C=O) groups is 1. The van der Waals surface area contributed by atoms with Crippen molar-refractivity contribution in [1.82, 2.24) is 15.2 Å². The van der Waals surface area contributed by atoms with Gasteiger partial charge >= 0.3 is 0 Å². The zero-order valence-corrected chi connectivity index (χ0v) is 19.0. The SMILES string of the molecule is CN(C)C(=O)COc1cccc(CNCc2cc3ccccc3nc2N2CCCCC2)c1. The van der Waals surface area contributed by atoms with E-state index in [1.165, 1.54) is 35.1 Å². The Bertz CT molecular complexity index is 1060. The first-order chi connectivity index (χ1) is 15.6. The molecule has 0 unspecified atom stereocenters. The summed E-state index contributed by atoms with van der Waals surface area (Å²) in [6, 6.07) is 18.5. The Labute approximate surface area is 190 Å². The van der Waals surface area contributed by atoms with Crippen LogP contribution < -0.4 is 15.0 Å². The van der Waals surface area contributed by atoms with Gasteiger partial charge in [0.25, 0.3) is 5.91 Å². The van der Waals surface area contributed by atoms with Crippen molar-refractivity contribution in [2.45, 2.75) is 32.4 Å². The number of pyridine rings is 1. The number of carbonyl (C=O) groups excluding carboxylic acids is 1. The topological polar surface area (TPSA) is 57.7 Å². The number of nitrogens with zero attached hydrogens (tertiary/aromatic N) is 3. The number of nitrogens with one attached hydrogen (secondary N) is 1. The average molecular weight is 433 g/mol. The highest BCUT2D eigenvalue weighted by Gasteiger charge is 2.17. The molecular weight excluding hydrogens is 400 g/mol. The third kappa shape index (κ3) is 5.56. The van der Waals surface area contributed by atoms with Crippen LogP contribution in [0.25, 0.3) is 10.9 Å². The molecule has 1 N–H and O–H groups in total. The quantitative estimate of drug-likeness (QED) is 0.583. The molecule has 4 rings (SSSR count). The van der Waals surface area contributed by atoms with Gasteiger partial charge < -0.3 is 19.9 Å². The lowest BCUT2D eigenvalue weighted by atomic mass is 10.1. The predicted molar refractivity (Wildman–Crippen MR) is 129 cm³/mol. The number of aromatic nitrogens is 1. The van der Waals surface area contributed by atoms with Crippen molar-refractivity contribution in [3.63, 3.8) is 0 Å². The smallest absolute Gasteiger partial charge is 0.259 e. The summed E-state index contributed by atoms with van der Waals surface area (Å²) < 4.78 is 5.65. The van der Waals surface area contributed by atoms with Gasteiger partial charge in [-0.25, -0.2) is 4.98 Å². The monoisotopic (exact) mass is 432 g/mol. The molecule has 1 amide bonds. The van der Waals surface area contributed by atoms with Gasteiger partial charge in [0.2, 0.25) is 0 Å². The average Bonchev–Trinajstić information content (AvgIpc) is 2.83. The maximum Gasteiger partial charge on any atom is 0.259 e. The fraction of sp³-hybridized carbons (Fsp3) is 0.385. The number of anilines is 1. The lowest BCUT2D eigenvalue weighted by molar-refractivity contribution is -0.130. The number of ether oxygens (including phenoxy) is 1. The third-order valence-corrected chi connectivity index (χ3v) is 5.84. The van der Waals surface area contributed by atoms with E-state index in [9.17, 15) is 4.79 Å². The molecule has 0 aliphatic carbocycles. The molecule has 3 aromatic rings. The standard InChI is InChI=1S/C26H32N4O2/c1-29(2)25(31)19-32-23-11-8-9-20(15-23)17-27-18-22-16-21-10-4-5-12-24(21)28-26(22)30-13-6-3-7-14-30/h4-5,8-12,15-16,27H,3,6-7,13-14,17-19H2,1-2H3. The van der Waals surface area contributed by atoms with E-state index < -0.39 is 0 Å². The summed E-state index contributed by atoms with van der Waals surface area (Å²) >= 11 is 0. The number of hydrogen-bond donors (Lipinski definition) is 1. The minimum atomic E-state index is -0.0532. The largest absolute Gasteiger partial charge is 0.484 e. The molecule has 1 aliphatic heterocycles. The van der Waals surface area contributed by atoms with Gasteiger partial charge in [0.05, 0.1) is 5.52 Å². The van der Waals surface area contributed by atoms with Crippen molar-refractivity contribution in [3.8, 4) is 5.75 Å². The zero-order chi connectivity index (χ0) is 22.3. The van der Waals surface area contributed by atoms with Crippen molar-refractivity contribution in [2.24, 2.45) is 0 Å². The molecule has 1 fully saturated rings. The first-order valence-electron chi connectivity index (χ1n) is 11.4. The second kappa shape index (κ2) is 10.5. The summed E-state index contributed by atoms with van der Waals surface area (Å²) in [7, 11) is 3.46. The van der Waals surface area contributed by atoms with E-state index in [-0.39, 0.29) is 12.5 Å². The van der Waals surface area contributed by atoms with Gasteiger partial charge in [0, 0.05) is 51.2 Å². The fourth-order valence-corrected chi connectivity index (χ4v) is 4.02. The van der Waals surface area contributed by atoms with Crippen LogP contribution in [-0.4, -0.2) is 49.6 Å². The van der Waals surface area contributed by atoms with E-state index in [1.54, 1.807) is 14.1 Å². The Hall–Kier alpha value is -3.12. The molecule has 0 atom stereocenters. The first kappa shape index (κ1) is 22.1. The van der Waals surface area contributed by atoms with Gasteiger partial charge in [0.1, 0.15) is 11.6 Å². The van der Waals surface area contributed by atoms with Gasteiger partial charge in [-0.2, -0.15) is 0 Å². The second-order valence-corrected chi connectivity index (χ2v) is 8.54. The maximum atomic E-state index is 11.8. The molecule has 1 aliphatic rings. The number of para-hydroxylation sites is 1. The molecule has 1 aromatic heterocycles. The van der Waals surface area contributed by atoms with Crippen molar-refractivity contribution in [1.29, 1.82) is 0 Å². The van der Waals surface area contributed by atoms with Crippen LogP contribution in [0.4, 0.5) is 5.82 Å². The molecule has 6 heteroatoms. The minimum Gasteiger partial charge on any atom is -0.484 e. The number of likely N-dealkylation sites (N-methyl/N-ethyl adjacent to an activating group) is 1. The van der Waals surface area contributed by atoms with Crippen molar-refractivity contribution >= 4 is 22.6 Å². The molecule has 6 nitrogen and oxygen atoms in total. The van der Waals surface area contributed by atoms with Gasteiger partial charge in [-0.15, -0.1) is 0 Å². The van der Waals surface area contributed by atoms with Crippen molar-refractivity contribution in [3.05, 3.63) is 65.7 Å². The van der Waals surface area contributed by atoms with Crippen LogP contribution in [0, 0.1) is 0 Å². The van der Waals surface area contributed by atoms with Gasteiger partial charge in [-0.3, -0.25) is 4.79 Å². The van der Waals surface area contributed by atoms with E-state index in [1.807, 2.05) is 18.2 Å². The summed E-state index contributed by atoms with van der Waals surface area (Å²) in [6.45, 7) is 3.65. The number of rotatable bonds is 8. The van der Waals surface area contributed by atoms with E-state index in [0.717, 1.165) is 36.5 Å².